The molecule has 6 nitrogen and oxygen atoms in total. The van der Waals surface area contributed by atoms with Gasteiger partial charge in [-0.1, -0.05) is 0 Å². The van der Waals surface area contributed by atoms with Crippen LogP contribution in [0.25, 0.3) is 0 Å². The number of rotatable bonds is 6. The van der Waals surface area contributed by atoms with Crippen LogP contribution in [-0.4, -0.2) is 38.1 Å². The molecule has 1 aromatic rings. The van der Waals surface area contributed by atoms with Crippen molar-refractivity contribution in [1.29, 1.82) is 0 Å². The molecule has 0 spiro atoms. The minimum Gasteiger partial charge on any atom is -0.482 e. The lowest BCUT2D eigenvalue weighted by Gasteiger charge is -2.18. The fraction of sp³-hybridized carbons (Fsp3) is 0.385. The van der Waals surface area contributed by atoms with Crippen molar-refractivity contribution in [3.63, 3.8) is 0 Å². The molecule has 0 aliphatic carbocycles. The number of halogens is 2. The third kappa shape index (κ3) is 4.67. The van der Waals surface area contributed by atoms with Crippen LogP contribution in [0.2, 0.25) is 0 Å². The molecule has 1 aliphatic rings. The number of benzene rings is 1. The van der Waals surface area contributed by atoms with Gasteiger partial charge >= 0.3 is 0 Å². The highest BCUT2D eigenvalue weighted by atomic mass is 19.3. The lowest BCUT2D eigenvalue weighted by Crippen LogP contribution is -2.25. The van der Waals surface area contributed by atoms with Gasteiger partial charge in [0.05, 0.1) is 18.7 Å². The second-order valence-electron chi connectivity index (χ2n) is 4.31. The maximum atomic E-state index is 11.8. The Hall–Kier alpha value is -2.22. The van der Waals surface area contributed by atoms with Crippen LogP contribution in [0, 0.1) is 0 Å². The van der Waals surface area contributed by atoms with E-state index in [1.807, 2.05) is 0 Å². The summed E-state index contributed by atoms with van der Waals surface area (Å²) >= 11 is 0. The van der Waals surface area contributed by atoms with E-state index in [1.54, 1.807) is 18.2 Å². The summed E-state index contributed by atoms with van der Waals surface area (Å²) in [5.41, 5.74) is 1.02. The SMILES string of the molecule is O=C(CCOCC(F)F)Nc1ccc2c(c1)OCC(=O)N2. The number of carbonyl (C=O) groups excluding carboxylic acids is 2. The molecule has 0 saturated heterocycles. The summed E-state index contributed by atoms with van der Waals surface area (Å²) in [6.45, 7) is -0.834. The molecule has 1 aliphatic heterocycles. The zero-order valence-electron chi connectivity index (χ0n) is 11.0. The number of fused-ring (bicyclic) bond motifs is 1. The Morgan fingerprint density at radius 1 is 1.48 bits per heavy atom. The molecule has 0 radical (unpaired) electrons. The third-order valence-electron chi connectivity index (χ3n) is 2.62. The van der Waals surface area contributed by atoms with E-state index in [4.69, 9.17) is 4.74 Å². The maximum absolute atomic E-state index is 11.8. The molecule has 1 aromatic carbocycles. The van der Waals surface area contributed by atoms with Crippen molar-refractivity contribution in [2.24, 2.45) is 0 Å². The molecule has 0 saturated carbocycles. The Bertz CT molecular complexity index is 537. The van der Waals surface area contributed by atoms with Crippen molar-refractivity contribution < 1.29 is 27.8 Å². The minimum absolute atomic E-state index is 0.0264. The van der Waals surface area contributed by atoms with Gasteiger partial charge in [-0.3, -0.25) is 9.59 Å². The van der Waals surface area contributed by atoms with Crippen molar-refractivity contribution in [2.75, 3.05) is 30.5 Å². The average molecular weight is 300 g/mol. The number of hydrogen-bond donors (Lipinski definition) is 2. The van der Waals surface area contributed by atoms with Gasteiger partial charge in [-0.15, -0.1) is 0 Å². The molecule has 0 bridgehead atoms. The summed E-state index contributed by atoms with van der Waals surface area (Å²) in [6, 6.07) is 4.79. The molecule has 1 heterocycles. The molecule has 0 fully saturated rings. The van der Waals surface area contributed by atoms with Gasteiger partial charge in [-0.25, -0.2) is 8.78 Å². The van der Waals surface area contributed by atoms with E-state index in [0.29, 0.717) is 17.1 Å². The second kappa shape index (κ2) is 6.98. The fourth-order valence-electron chi connectivity index (χ4n) is 1.71. The first-order valence-corrected chi connectivity index (χ1v) is 6.27. The molecule has 0 atom stereocenters. The van der Waals surface area contributed by atoms with E-state index in [2.05, 4.69) is 15.4 Å². The summed E-state index contributed by atoms with van der Waals surface area (Å²) in [7, 11) is 0. The normalized spacial score (nSPS) is 13.4. The van der Waals surface area contributed by atoms with Crippen LogP contribution in [0.4, 0.5) is 20.2 Å². The van der Waals surface area contributed by atoms with Crippen LogP contribution in [0.5, 0.6) is 5.75 Å². The first kappa shape index (κ1) is 15.2. The number of carbonyl (C=O) groups is 2. The summed E-state index contributed by atoms with van der Waals surface area (Å²) in [4.78, 5) is 22.7. The third-order valence-corrected chi connectivity index (χ3v) is 2.62. The smallest absolute Gasteiger partial charge is 0.262 e. The van der Waals surface area contributed by atoms with Crippen LogP contribution >= 0.6 is 0 Å². The average Bonchev–Trinajstić information content (AvgIpc) is 2.43. The molecule has 8 heteroatoms. The first-order chi connectivity index (χ1) is 10.0. The predicted octanol–water partition coefficient (Wildman–Crippen LogP) is 1.63. The Balaban J connectivity index is 1.83. The van der Waals surface area contributed by atoms with Crippen LogP contribution in [0.1, 0.15) is 6.42 Å². The number of ether oxygens (including phenoxy) is 2. The summed E-state index contributed by atoms with van der Waals surface area (Å²) in [5.74, 6) is -0.138. The van der Waals surface area contributed by atoms with Gasteiger partial charge in [0.25, 0.3) is 12.3 Å². The first-order valence-electron chi connectivity index (χ1n) is 6.27. The lowest BCUT2D eigenvalue weighted by atomic mass is 10.2. The second-order valence-corrected chi connectivity index (χ2v) is 4.31. The molecular weight excluding hydrogens is 286 g/mol. The molecule has 2 rings (SSSR count). The summed E-state index contributed by atoms with van der Waals surface area (Å²) < 4.78 is 33.5. The molecule has 114 valence electrons. The van der Waals surface area contributed by atoms with Crippen LogP contribution in [0.15, 0.2) is 18.2 Å². The molecule has 0 unspecified atom stereocenters. The topological polar surface area (TPSA) is 76.7 Å². The zero-order chi connectivity index (χ0) is 15.2. The minimum atomic E-state index is -2.54. The maximum Gasteiger partial charge on any atom is 0.262 e. The van der Waals surface area contributed by atoms with Crippen molar-refractivity contribution in [3.05, 3.63) is 18.2 Å². The Labute approximate surface area is 119 Å². The van der Waals surface area contributed by atoms with Crippen LogP contribution in [0.3, 0.4) is 0 Å². The van der Waals surface area contributed by atoms with Crippen molar-refractivity contribution >= 4 is 23.2 Å². The largest absolute Gasteiger partial charge is 0.482 e. The molecule has 0 aromatic heterocycles. The Morgan fingerprint density at radius 2 is 2.29 bits per heavy atom. The van der Waals surface area contributed by atoms with E-state index in [9.17, 15) is 18.4 Å². The van der Waals surface area contributed by atoms with E-state index >= 15 is 0 Å². The number of nitrogens with one attached hydrogen (secondary N) is 2. The van der Waals surface area contributed by atoms with Gasteiger partial charge < -0.3 is 20.1 Å². The highest BCUT2D eigenvalue weighted by molar-refractivity contribution is 5.97. The standard InChI is InChI=1S/C13H14F2N2O4/c14-11(15)6-20-4-3-12(18)16-8-1-2-9-10(5-8)21-7-13(19)17-9/h1-2,5,11H,3-4,6-7H2,(H,16,18)(H,17,19). The molecule has 21 heavy (non-hydrogen) atoms. The van der Waals surface area contributed by atoms with Gasteiger partial charge in [0.2, 0.25) is 5.91 Å². The highest BCUT2D eigenvalue weighted by Crippen LogP contribution is 2.30. The van der Waals surface area contributed by atoms with Gasteiger partial charge in [0.1, 0.15) is 12.4 Å². The van der Waals surface area contributed by atoms with Gasteiger partial charge in [-0.05, 0) is 12.1 Å². The molecular formula is C13H14F2N2O4. The van der Waals surface area contributed by atoms with Gasteiger partial charge in [0.15, 0.2) is 6.61 Å². The Kier molecular flexibility index (Phi) is 5.04. The highest BCUT2D eigenvalue weighted by Gasteiger charge is 2.16. The lowest BCUT2D eigenvalue weighted by molar-refractivity contribution is -0.119. The van der Waals surface area contributed by atoms with Gasteiger partial charge in [0, 0.05) is 11.8 Å². The monoisotopic (exact) mass is 300 g/mol. The van der Waals surface area contributed by atoms with Crippen molar-refractivity contribution in [3.8, 4) is 5.75 Å². The van der Waals surface area contributed by atoms with E-state index < -0.39 is 13.0 Å². The molecule has 2 amide bonds. The zero-order valence-corrected chi connectivity index (χ0v) is 11.0. The van der Waals surface area contributed by atoms with E-state index in [0.717, 1.165) is 0 Å². The predicted molar refractivity (Wildman–Crippen MR) is 70.6 cm³/mol. The molecule has 2 N–H and O–H groups in total. The Morgan fingerprint density at radius 3 is 3.05 bits per heavy atom. The summed E-state index contributed by atoms with van der Waals surface area (Å²) in [6.07, 6.45) is -2.57. The fourth-order valence-corrected chi connectivity index (χ4v) is 1.71. The van der Waals surface area contributed by atoms with Gasteiger partial charge in [-0.2, -0.15) is 0 Å². The van der Waals surface area contributed by atoms with Crippen LogP contribution in [-0.2, 0) is 14.3 Å². The quantitative estimate of drug-likeness (QED) is 0.783. The van der Waals surface area contributed by atoms with Crippen molar-refractivity contribution in [1.82, 2.24) is 0 Å². The van der Waals surface area contributed by atoms with E-state index in [-0.39, 0.29) is 31.4 Å². The van der Waals surface area contributed by atoms with Crippen molar-refractivity contribution in [2.45, 2.75) is 12.8 Å². The number of hydrogen-bond acceptors (Lipinski definition) is 4. The van der Waals surface area contributed by atoms with Crippen LogP contribution < -0.4 is 15.4 Å². The number of alkyl halides is 2. The van der Waals surface area contributed by atoms with E-state index in [1.165, 1.54) is 0 Å². The number of amides is 2. The number of anilines is 2. The summed E-state index contributed by atoms with van der Waals surface area (Å²) in [5, 5.41) is 5.22.